The molecule has 28 heavy (non-hydrogen) atoms. The van der Waals surface area contributed by atoms with Crippen molar-refractivity contribution in [2.75, 3.05) is 14.2 Å². The zero-order valence-corrected chi connectivity index (χ0v) is 17.7. The lowest BCUT2D eigenvalue weighted by molar-refractivity contribution is -0.177. The molecule has 4 rings (SSSR count). The van der Waals surface area contributed by atoms with Gasteiger partial charge in [-0.25, -0.2) is 14.9 Å². The summed E-state index contributed by atoms with van der Waals surface area (Å²) in [5, 5.41) is 1.53. The van der Waals surface area contributed by atoms with E-state index in [9.17, 15) is 0 Å². The second-order valence-electron chi connectivity index (χ2n) is 7.08. The van der Waals surface area contributed by atoms with E-state index in [1.807, 2.05) is 30.3 Å². The van der Waals surface area contributed by atoms with Gasteiger partial charge in [0.25, 0.3) is 0 Å². The Morgan fingerprint density at radius 1 is 1.25 bits per heavy atom. The fourth-order valence-corrected chi connectivity index (χ4v) is 4.23. The average molecular weight is 446 g/mol. The molecule has 1 spiro atoms. The van der Waals surface area contributed by atoms with E-state index in [4.69, 9.17) is 25.0 Å². The lowest BCUT2D eigenvalue weighted by Crippen LogP contribution is -2.32. The first-order valence-electron chi connectivity index (χ1n) is 9.38. The summed E-state index contributed by atoms with van der Waals surface area (Å²) in [6.07, 6.45) is 3.53. The molecule has 0 saturated heterocycles. The molecule has 6 nitrogen and oxygen atoms in total. The number of methoxy groups -OCH3 is 1. The number of hydrogen-bond donors (Lipinski definition) is 1. The number of nitrogens with zero attached hydrogens (tertiary/aromatic N) is 2. The van der Waals surface area contributed by atoms with Crippen LogP contribution >= 0.6 is 15.9 Å². The molecule has 2 aliphatic heterocycles. The number of aliphatic imine (C=N–C) groups is 1. The van der Waals surface area contributed by atoms with E-state index in [1.54, 1.807) is 14.2 Å². The molecular weight excluding hydrogens is 422 g/mol. The van der Waals surface area contributed by atoms with E-state index in [0.717, 1.165) is 46.4 Å². The number of fused-ring (bicyclic) bond motifs is 3. The Bertz CT molecular complexity index is 918. The molecule has 0 bridgehead atoms. The summed E-state index contributed by atoms with van der Waals surface area (Å²) in [6, 6.07) is 12.0. The van der Waals surface area contributed by atoms with Gasteiger partial charge in [-0.3, -0.25) is 0 Å². The van der Waals surface area contributed by atoms with E-state index in [-0.39, 0.29) is 0 Å². The minimum Gasteiger partial charge on any atom is -0.496 e. The summed E-state index contributed by atoms with van der Waals surface area (Å²) >= 11 is 3.57. The van der Waals surface area contributed by atoms with Crippen LogP contribution in [-0.4, -0.2) is 25.2 Å². The molecule has 148 valence electrons. The van der Waals surface area contributed by atoms with Crippen LogP contribution in [0.3, 0.4) is 0 Å². The SMILES string of the molecule is COc1cccc2c1CCCCC1(N=C(N)N(C)O1)c1cc(Br)ccc1OC2. The second-order valence-corrected chi connectivity index (χ2v) is 7.99. The number of benzene rings is 2. The minimum atomic E-state index is -0.876. The zero-order chi connectivity index (χ0) is 19.7. The van der Waals surface area contributed by atoms with Gasteiger partial charge in [-0.2, -0.15) is 0 Å². The molecule has 0 aromatic heterocycles. The third kappa shape index (κ3) is 3.44. The zero-order valence-electron chi connectivity index (χ0n) is 16.1. The topological polar surface area (TPSA) is 69.3 Å². The Hall–Kier alpha value is -2.25. The van der Waals surface area contributed by atoms with Crippen LogP contribution in [0.2, 0.25) is 0 Å². The van der Waals surface area contributed by atoms with Gasteiger partial charge >= 0.3 is 0 Å². The molecule has 0 aliphatic carbocycles. The van der Waals surface area contributed by atoms with Crippen LogP contribution in [0.5, 0.6) is 11.5 Å². The van der Waals surface area contributed by atoms with Crippen molar-refractivity contribution in [3.63, 3.8) is 0 Å². The van der Waals surface area contributed by atoms with E-state index in [0.29, 0.717) is 19.0 Å². The van der Waals surface area contributed by atoms with Gasteiger partial charge in [0.2, 0.25) is 11.7 Å². The third-order valence-corrected chi connectivity index (χ3v) is 5.79. The Balaban J connectivity index is 1.78. The number of ether oxygens (including phenoxy) is 2. The van der Waals surface area contributed by atoms with Crippen LogP contribution in [0.4, 0.5) is 0 Å². The summed E-state index contributed by atoms with van der Waals surface area (Å²) in [5.74, 6) is 2.02. The molecule has 0 saturated carbocycles. The predicted molar refractivity (Wildman–Crippen MR) is 111 cm³/mol. The van der Waals surface area contributed by atoms with Crippen molar-refractivity contribution in [2.45, 2.75) is 38.0 Å². The smallest absolute Gasteiger partial charge is 0.218 e. The standard InChI is InChI=1S/C21H24BrN3O3/c1-25-20(23)24-21(28-25)11-4-3-7-16-14(6-5-8-18(16)26-2)13-27-19-10-9-15(22)12-17(19)21/h5-6,8-10,12H,3-4,7,11,13H2,1-2H3,(H2,23,24). The van der Waals surface area contributed by atoms with Gasteiger partial charge in [0, 0.05) is 23.5 Å². The molecule has 7 heteroatoms. The molecule has 0 fully saturated rings. The summed E-state index contributed by atoms with van der Waals surface area (Å²) in [7, 11) is 3.49. The number of nitrogens with two attached hydrogens (primary N) is 1. The molecule has 2 heterocycles. The second kappa shape index (κ2) is 7.64. The molecule has 2 aliphatic rings. The molecule has 2 aromatic carbocycles. The highest BCUT2D eigenvalue weighted by atomic mass is 79.9. The third-order valence-electron chi connectivity index (χ3n) is 5.29. The highest BCUT2D eigenvalue weighted by Gasteiger charge is 2.43. The van der Waals surface area contributed by atoms with Crippen LogP contribution in [0.25, 0.3) is 0 Å². The van der Waals surface area contributed by atoms with Gasteiger partial charge in [0.15, 0.2) is 0 Å². The summed E-state index contributed by atoms with van der Waals surface area (Å²) in [5.41, 5.74) is 8.39. The first kappa shape index (κ1) is 19.1. The van der Waals surface area contributed by atoms with Crippen molar-refractivity contribution in [1.29, 1.82) is 0 Å². The largest absolute Gasteiger partial charge is 0.496 e. The summed E-state index contributed by atoms with van der Waals surface area (Å²) in [6.45, 7) is 0.451. The summed E-state index contributed by atoms with van der Waals surface area (Å²) < 4.78 is 12.8. The van der Waals surface area contributed by atoms with Gasteiger partial charge in [0.05, 0.1) is 12.7 Å². The Morgan fingerprint density at radius 3 is 2.86 bits per heavy atom. The van der Waals surface area contributed by atoms with Crippen LogP contribution in [0.1, 0.15) is 36.0 Å². The van der Waals surface area contributed by atoms with Gasteiger partial charge in [-0.05, 0) is 49.1 Å². The number of hydrogen-bond acceptors (Lipinski definition) is 6. The van der Waals surface area contributed by atoms with Crippen molar-refractivity contribution in [3.05, 3.63) is 57.6 Å². The Kier molecular flexibility index (Phi) is 5.21. The molecular formula is C21H24BrN3O3. The van der Waals surface area contributed by atoms with Crippen LogP contribution in [-0.2, 0) is 23.6 Å². The van der Waals surface area contributed by atoms with Crippen LogP contribution in [0.15, 0.2) is 45.9 Å². The van der Waals surface area contributed by atoms with Gasteiger partial charge in [-0.15, -0.1) is 0 Å². The Labute approximate surface area is 173 Å². The van der Waals surface area contributed by atoms with Crippen molar-refractivity contribution in [2.24, 2.45) is 10.7 Å². The number of halogens is 1. The lowest BCUT2D eigenvalue weighted by Gasteiger charge is -2.28. The molecule has 0 amide bonds. The first-order chi connectivity index (χ1) is 13.5. The summed E-state index contributed by atoms with van der Waals surface area (Å²) in [4.78, 5) is 10.9. The predicted octanol–water partition coefficient (Wildman–Crippen LogP) is 4.11. The van der Waals surface area contributed by atoms with E-state index < -0.39 is 5.72 Å². The fourth-order valence-electron chi connectivity index (χ4n) is 3.87. The number of guanidine groups is 1. The minimum absolute atomic E-state index is 0.366. The molecule has 2 aromatic rings. The van der Waals surface area contributed by atoms with Crippen molar-refractivity contribution >= 4 is 21.9 Å². The van der Waals surface area contributed by atoms with Crippen molar-refractivity contribution in [3.8, 4) is 11.5 Å². The quantitative estimate of drug-likeness (QED) is 0.714. The fraction of sp³-hybridized carbons (Fsp3) is 0.381. The molecule has 2 N–H and O–H groups in total. The Morgan fingerprint density at radius 2 is 2.11 bits per heavy atom. The van der Waals surface area contributed by atoms with Crippen LogP contribution in [0, 0.1) is 0 Å². The van der Waals surface area contributed by atoms with E-state index in [2.05, 4.69) is 22.0 Å². The maximum atomic E-state index is 6.27. The monoisotopic (exact) mass is 445 g/mol. The maximum Gasteiger partial charge on any atom is 0.218 e. The average Bonchev–Trinajstić information content (AvgIpc) is 2.97. The highest BCUT2D eigenvalue weighted by molar-refractivity contribution is 9.10. The van der Waals surface area contributed by atoms with Gasteiger partial charge in [-0.1, -0.05) is 28.1 Å². The van der Waals surface area contributed by atoms with E-state index >= 15 is 0 Å². The normalized spacial score (nSPS) is 22.0. The van der Waals surface area contributed by atoms with Crippen molar-refractivity contribution < 1.29 is 14.3 Å². The van der Waals surface area contributed by atoms with Gasteiger partial charge in [0.1, 0.15) is 18.1 Å². The van der Waals surface area contributed by atoms with Gasteiger partial charge < -0.3 is 15.2 Å². The molecule has 0 radical (unpaired) electrons. The highest BCUT2D eigenvalue weighted by Crippen LogP contribution is 2.44. The molecule has 1 atom stereocenters. The maximum absolute atomic E-state index is 6.27. The lowest BCUT2D eigenvalue weighted by atomic mass is 9.94. The van der Waals surface area contributed by atoms with Crippen molar-refractivity contribution in [1.82, 2.24) is 5.06 Å². The first-order valence-corrected chi connectivity index (χ1v) is 10.2. The number of rotatable bonds is 1. The van der Waals surface area contributed by atoms with E-state index in [1.165, 1.54) is 10.6 Å². The van der Waals surface area contributed by atoms with Crippen LogP contribution < -0.4 is 15.2 Å². The number of hydroxylamine groups is 2. The molecule has 1 unspecified atom stereocenters.